The maximum atomic E-state index is 13.5. The Morgan fingerprint density at radius 3 is 2.70 bits per heavy atom. The molecule has 1 heterocycles. The van der Waals surface area contributed by atoms with Crippen LogP contribution in [0.5, 0.6) is 0 Å². The van der Waals surface area contributed by atoms with E-state index in [1.54, 1.807) is 18.2 Å². The van der Waals surface area contributed by atoms with Crippen molar-refractivity contribution in [3.8, 4) is 6.07 Å². The lowest BCUT2D eigenvalue weighted by atomic mass is 10.0. The number of benzene rings is 2. The van der Waals surface area contributed by atoms with Crippen LogP contribution in [0.4, 0.5) is 8.78 Å². The molecule has 0 aliphatic carbocycles. The second-order valence-electron chi connectivity index (χ2n) is 5.78. The maximum absolute atomic E-state index is 13.5. The first-order chi connectivity index (χ1) is 11.1. The smallest absolute Gasteiger partial charge is 0.159 e. The predicted molar refractivity (Wildman–Crippen MR) is 81.3 cm³/mol. The zero-order valence-electron chi connectivity index (χ0n) is 12.4. The van der Waals surface area contributed by atoms with E-state index in [1.165, 1.54) is 6.07 Å². The molecule has 0 unspecified atom stereocenters. The summed E-state index contributed by atoms with van der Waals surface area (Å²) < 4.78 is 26.6. The normalized spacial score (nSPS) is 21.3. The fraction of sp³-hybridized carbons (Fsp3) is 0.278. The summed E-state index contributed by atoms with van der Waals surface area (Å²) in [6, 6.07) is 13.1. The monoisotopic (exact) mass is 314 g/mol. The van der Waals surface area contributed by atoms with Gasteiger partial charge in [0, 0.05) is 19.1 Å². The Balaban J connectivity index is 1.88. The van der Waals surface area contributed by atoms with Gasteiger partial charge in [0.1, 0.15) is 0 Å². The third kappa shape index (κ3) is 3.24. The van der Waals surface area contributed by atoms with Gasteiger partial charge in [0.15, 0.2) is 11.6 Å². The van der Waals surface area contributed by atoms with Gasteiger partial charge in [0.25, 0.3) is 0 Å². The minimum Gasteiger partial charge on any atom is -0.392 e. The van der Waals surface area contributed by atoms with E-state index in [-0.39, 0.29) is 6.04 Å². The molecule has 0 spiro atoms. The molecule has 1 saturated heterocycles. The number of aliphatic hydroxyl groups excluding tert-OH is 1. The van der Waals surface area contributed by atoms with Crippen molar-refractivity contribution in [3.63, 3.8) is 0 Å². The molecule has 1 aliphatic rings. The van der Waals surface area contributed by atoms with Crippen LogP contribution in [0.2, 0.25) is 0 Å². The number of hydrogen-bond donors (Lipinski definition) is 1. The van der Waals surface area contributed by atoms with Crippen molar-refractivity contribution < 1.29 is 13.9 Å². The van der Waals surface area contributed by atoms with Gasteiger partial charge in [-0.05, 0) is 35.7 Å². The van der Waals surface area contributed by atoms with Gasteiger partial charge in [0.2, 0.25) is 0 Å². The lowest BCUT2D eigenvalue weighted by molar-refractivity contribution is 0.172. The Kier molecular flexibility index (Phi) is 4.37. The molecule has 0 amide bonds. The highest BCUT2D eigenvalue weighted by Gasteiger charge is 2.32. The van der Waals surface area contributed by atoms with E-state index < -0.39 is 17.7 Å². The molecule has 2 aromatic carbocycles. The fourth-order valence-electron chi connectivity index (χ4n) is 3.11. The van der Waals surface area contributed by atoms with Crippen LogP contribution in [0.25, 0.3) is 0 Å². The third-order valence-electron chi connectivity index (χ3n) is 4.22. The highest BCUT2D eigenvalue weighted by atomic mass is 19.2. The highest BCUT2D eigenvalue weighted by Crippen LogP contribution is 2.34. The standard InChI is InChI=1S/C18H16F2N2O/c19-16-6-5-12(7-17(16)20)18-8-15(23)11-22(18)10-14-4-2-1-3-13(14)9-21/h1-7,15,18,23H,8,10-11H2/t15-,18+/m0/s1. The summed E-state index contributed by atoms with van der Waals surface area (Å²) >= 11 is 0. The van der Waals surface area contributed by atoms with Crippen molar-refractivity contribution in [1.29, 1.82) is 5.26 Å². The van der Waals surface area contributed by atoms with Gasteiger partial charge in [0.05, 0.1) is 17.7 Å². The molecule has 23 heavy (non-hydrogen) atoms. The summed E-state index contributed by atoms with van der Waals surface area (Å²) in [6.45, 7) is 0.911. The van der Waals surface area contributed by atoms with Crippen molar-refractivity contribution >= 4 is 0 Å². The molecular formula is C18H16F2N2O. The second kappa shape index (κ2) is 6.45. The fourth-order valence-corrected chi connectivity index (χ4v) is 3.11. The first-order valence-corrected chi connectivity index (χ1v) is 7.43. The average Bonchev–Trinajstić information content (AvgIpc) is 2.91. The molecule has 1 N–H and O–H groups in total. The van der Waals surface area contributed by atoms with Crippen molar-refractivity contribution in [1.82, 2.24) is 4.90 Å². The van der Waals surface area contributed by atoms with Crippen molar-refractivity contribution in [2.45, 2.75) is 25.1 Å². The molecule has 2 aromatic rings. The van der Waals surface area contributed by atoms with Crippen LogP contribution >= 0.6 is 0 Å². The number of nitrogens with zero attached hydrogens (tertiary/aromatic N) is 2. The maximum Gasteiger partial charge on any atom is 0.159 e. The second-order valence-corrected chi connectivity index (χ2v) is 5.78. The zero-order chi connectivity index (χ0) is 16.4. The molecule has 1 fully saturated rings. The molecule has 1 aliphatic heterocycles. The van der Waals surface area contributed by atoms with Crippen LogP contribution in [0.1, 0.15) is 29.2 Å². The van der Waals surface area contributed by atoms with E-state index >= 15 is 0 Å². The van der Waals surface area contributed by atoms with E-state index in [4.69, 9.17) is 0 Å². The molecule has 0 saturated carbocycles. The van der Waals surface area contributed by atoms with Crippen LogP contribution in [-0.4, -0.2) is 22.7 Å². The number of likely N-dealkylation sites (tertiary alicyclic amines) is 1. The minimum absolute atomic E-state index is 0.202. The Bertz CT molecular complexity index is 757. The third-order valence-corrected chi connectivity index (χ3v) is 4.22. The lowest BCUT2D eigenvalue weighted by Crippen LogP contribution is -2.24. The Morgan fingerprint density at radius 2 is 1.96 bits per heavy atom. The Labute approximate surface area is 133 Å². The van der Waals surface area contributed by atoms with Crippen LogP contribution in [-0.2, 0) is 6.54 Å². The largest absolute Gasteiger partial charge is 0.392 e. The number of β-amino-alcohol motifs (C(OH)–C–C–N with tert-alkyl or cyclic N) is 1. The van der Waals surface area contributed by atoms with Gasteiger partial charge in [-0.25, -0.2) is 8.78 Å². The minimum atomic E-state index is -0.888. The molecule has 3 nitrogen and oxygen atoms in total. The Morgan fingerprint density at radius 1 is 1.17 bits per heavy atom. The summed E-state index contributed by atoms with van der Waals surface area (Å²) in [6.07, 6.45) is -0.0675. The molecule has 5 heteroatoms. The number of halogens is 2. The predicted octanol–water partition coefficient (Wildman–Crippen LogP) is 3.14. The van der Waals surface area contributed by atoms with E-state index in [0.717, 1.165) is 11.6 Å². The lowest BCUT2D eigenvalue weighted by Gasteiger charge is -2.25. The summed E-state index contributed by atoms with van der Waals surface area (Å²) in [7, 11) is 0. The van der Waals surface area contributed by atoms with Crippen LogP contribution in [0.15, 0.2) is 42.5 Å². The van der Waals surface area contributed by atoms with Gasteiger partial charge >= 0.3 is 0 Å². The van der Waals surface area contributed by atoms with Gasteiger partial charge < -0.3 is 5.11 Å². The summed E-state index contributed by atoms with van der Waals surface area (Å²) in [5, 5.41) is 19.2. The molecule has 2 atom stereocenters. The van der Waals surface area contributed by atoms with Crippen molar-refractivity contribution in [2.24, 2.45) is 0 Å². The Hall–Kier alpha value is -2.29. The molecule has 0 aromatic heterocycles. The van der Waals surface area contributed by atoms with Crippen LogP contribution < -0.4 is 0 Å². The molecule has 118 valence electrons. The van der Waals surface area contributed by atoms with Gasteiger partial charge in [-0.2, -0.15) is 5.26 Å². The SMILES string of the molecule is N#Cc1ccccc1CN1C[C@@H](O)C[C@@H]1c1ccc(F)c(F)c1. The van der Waals surface area contributed by atoms with Gasteiger partial charge in [-0.15, -0.1) is 0 Å². The van der Waals surface area contributed by atoms with E-state index in [9.17, 15) is 19.1 Å². The summed E-state index contributed by atoms with van der Waals surface area (Å²) in [4.78, 5) is 1.99. The highest BCUT2D eigenvalue weighted by molar-refractivity contribution is 5.37. The van der Waals surface area contributed by atoms with E-state index in [1.807, 2.05) is 17.0 Å². The number of rotatable bonds is 3. The topological polar surface area (TPSA) is 47.3 Å². The summed E-state index contributed by atoms with van der Waals surface area (Å²) in [5.41, 5.74) is 2.07. The number of nitriles is 1. The quantitative estimate of drug-likeness (QED) is 0.947. The average molecular weight is 314 g/mol. The van der Waals surface area contributed by atoms with Gasteiger partial charge in [-0.3, -0.25) is 4.90 Å². The van der Waals surface area contributed by atoms with Crippen molar-refractivity contribution in [3.05, 3.63) is 70.8 Å². The van der Waals surface area contributed by atoms with Gasteiger partial charge in [-0.1, -0.05) is 24.3 Å². The van der Waals surface area contributed by atoms with Crippen molar-refractivity contribution in [2.75, 3.05) is 6.54 Å². The van der Waals surface area contributed by atoms with Crippen LogP contribution in [0, 0.1) is 23.0 Å². The molecule has 0 radical (unpaired) electrons. The number of hydrogen-bond acceptors (Lipinski definition) is 3. The molecule has 0 bridgehead atoms. The first kappa shape index (κ1) is 15.6. The van der Waals surface area contributed by atoms with E-state index in [0.29, 0.717) is 30.6 Å². The first-order valence-electron chi connectivity index (χ1n) is 7.43. The molecular weight excluding hydrogens is 298 g/mol. The molecule has 3 rings (SSSR count). The number of aliphatic hydroxyl groups is 1. The van der Waals surface area contributed by atoms with E-state index in [2.05, 4.69) is 6.07 Å². The zero-order valence-corrected chi connectivity index (χ0v) is 12.4. The van der Waals surface area contributed by atoms with Crippen LogP contribution in [0.3, 0.4) is 0 Å². The summed E-state index contributed by atoms with van der Waals surface area (Å²) in [5.74, 6) is -1.77.